The van der Waals surface area contributed by atoms with E-state index in [9.17, 15) is 0 Å². The second-order valence-electron chi connectivity index (χ2n) is 6.26. The van der Waals surface area contributed by atoms with Crippen LogP contribution in [0, 0.1) is 5.92 Å². The Morgan fingerprint density at radius 1 is 1.17 bits per heavy atom. The molecule has 0 aromatic heterocycles. The van der Waals surface area contributed by atoms with Crippen LogP contribution in [-0.2, 0) is 0 Å². The van der Waals surface area contributed by atoms with Crippen LogP contribution < -0.4 is 5.73 Å². The third-order valence-corrected chi connectivity index (χ3v) is 5.14. The Hall–Kier alpha value is -0.0800. The second kappa shape index (κ2) is 8.16. The van der Waals surface area contributed by atoms with E-state index in [-0.39, 0.29) is 0 Å². The molecule has 2 atom stereocenters. The molecule has 1 aliphatic rings. The van der Waals surface area contributed by atoms with Crippen molar-refractivity contribution in [1.29, 1.82) is 0 Å². The number of hydrogen-bond acceptors (Lipinski definition) is 2. The molecule has 2 unspecified atom stereocenters. The maximum atomic E-state index is 6.16. The van der Waals surface area contributed by atoms with Crippen LogP contribution in [0.2, 0.25) is 0 Å². The molecule has 2 N–H and O–H groups in total. The SMILES string of the molecule is CCCCCN(C)C1(CN)CCCC(CC)CC1. The molecule has 0 saturated heterocycles. The van der Waals surface area contributed by atoms with E-state index >= 15 is 0 Å². The lowest BCUT2D eigenvalue weighted by atomic mass is 9.87. The van der Waals surface area contributed by atoms with Crippen molar-refractivity contribution in [3.8, 4) is 0 Å². The summed E-state index contributed by atoms with van der Waals surface area (Å²) in [6, 6.07) is 0. The Morgan fingerprint density at radius 2 is 1.94 bits per heavy atom. The van der Waals surface area contributed by atoms with Gasteiger partial charge in [-0.2, -0.15) is 0 Å². The third-order valence-electron chi connectivity index (χ3n) is 5.14. The van der Waals surface area contributed by atoms with Gasteiger partial charge in [0.25, 0.3) is 0 Å². The van der Waals surface area contributed by atoms with Crippen LogP contribution in [0.1, 0.15) is 71.6 Å². The van der Waals surface area contributed by atoms with Gasteiger partial charge < -0.3 is 5.73 Å². The van der Waals surface area contributed by atoms with Gasteiger partial charge in [0, 0.05) is 12.1 Å². The lowest BCUT2D eigenvalue weighted by molar-refractivity contribution is 0.104. The van der Waals surface area contributed by atoms with Gasteiger partial charge in [-0.05, 0) is 45.2 Å². The standard InChI is InChI=1S/C16H34N2/c1-4-6-7-13-18(3)16(14-17)11-8-9-15(5-2)10-12-16/h15H,4-14,17H2,1-3H3. The Bertz CT molecular complexity index is 217. The molecule has 1 fully saturated rings. The zero-order chi connectivity index (χ0) is 13.4. The van der Waals surface area contributed by atoms with Crippen LogP contribution in [0.5, 0.6) is 0 Å². The molecule has 2 nitrogen and oxygen atoms in total. The second-order valence-corrected chi connectivity index (χ2v) is 6.26. The Balaban J connectivity index is 2.54. The summed E-state index contributed by atoms with van der Waals surface area (Å²) in [4.78, 5) is 2.58. The highest BCUT2D eigenvalue weighted by atomic mass is 15.2. The molecular formula is C16H34N2. The number of nitrogens with two attached hydrogens (primary N) is 1. The predicted molar refractivity (Wildman–Crippen MR) is 80.8 cm³/mol. The maximum absolute atomic E-state index is 6.16. The molecule has 0 bridgehead atoms. The number of likely N-dealkylation sites (N-methyl/N-ethyl adjacent to an activating group) is 1. The van der Waals surface area contributed by atoms with Crippen molar-refractivity contribution < 1.29 is 0 Å². The van der Waals surface area contributed by atoms with Gasteiger partial charge in [0.2, 0.25) is 0 Å². The molecule has 108 valence electrons. The average Bonchev–Trinajstić information content (AvgIpc) is 2.61. The van der Waals surface area contributed by atoms with E-state index in [2.05, 4.69) is 25.8 Å². The zero-order valence-electron chi connectivity index (χ0n) is 12.9. The van der Waals surface area contributed by atoms with Gasteiger partial charge in [0.05, 0.1) is 0 Å². The lowest BCUT2D eigenvalue weighted by Gasteiger charge is -2.41. The number of nitrogens with zero attached hydrogens (tertiary/aromatic N) is 1. The van der Waals surface area contributed by atoms with Crippen molar-refractivity contribution in [2.45, 2.75) is 77.2 Å². The molecule has 0 aromatic rings. The summed E-state index contributed by atoms with van der Waals surface area (Å²) in [6.07, 6.45) is 12.1. The monoisotopic (exact) mass is 254 g/mol. The van der Waals surface area contributed by atoms with Crippen LogP contribution in [-0.4, -0.2) is 30.6 Å². The summed E-state index contributed by atoms with van der Waals surface area (Å²) in [5.41, 5.74) is 6.46. The van der Waals surface area contributed by atoms with Crippen molar-refractivity contribution in [3.63, 3.8) is 0 Å². The zero-order valence-corrected chi connectivity index (χ0v) is 12.9. The smallest absolute Gasteiger partial charge is 0.0328 e. The first-order valence-electron chi connectivity index (χ1n) is 8.09. The Morgan fingerprint density at radius 3 is 2.56 bits per heavy atom. The normalized spacial score (nSPS) is 29.5. The van der Waals surface area contributed by atoms with Crippen LogP contribution in [0.4, 0.5) is 0 Å². The highest BCUT2D eigenvalue weighted by Crippen LogP contribution is 2.34. The topological polar surface area (TPSA) is 29.3 Å². The van der Waals surface area contributed by atoms with Gasteiger partial charge in [-0.15, -0.1) is 0 Å². The van der Waals surface area contributed by atoms with E-state index in [4.69, 9.17) is 5.73 Å². The minimum atomic E-state index is 0.303. The average molecular weight is 254 g/mol. The molecule has 1 aliphatic carbocycles. The molecule has 0 aliphatic heterocycles. The highest BCUT2D eigenvalue weighted by Gasteiger charge is 2.34. The van der Waals surface area contributed by atoms with Gasteiger partial charge in [-0.1, -0.05) is 46.0 Å². The van der Waals surface area contributed by atoms with E-state index in [0.717, 1.165) is 12.5 Å². The van der Waals surface area contributed by atoms with Gasteiger partial charge in [-0.25, -0.2) is 0 Å². The summed E-state index contributed by atoms with van der Waals surface area (Å²) < 4.78 is 0. The summed E-state index contributed by atoms with van der Waals surface area (Å²) >= 11 is 0. The van der Waals surface area contributed by atoms with Gasteiger partial charge >= 0.3 is 0 Å². The van der Waals surface area contributed by atoms with Crippen LogP contribution in [0.25, 0.3) is 0 Å². The minimum absolute atomic E-state index is 0.303. The number of hydrogen-bond donors (Lipinski definition) is 1. The fourth-order valence-electron chi connectivity index (χ4n) is 3.45. The molecule has 0 radical (unpaired) electrons. The van der Waals surface area contributed by atoms with Crippen molar-refractivity contribution in [1.82, 2.24) is 4.90 Å². The molecule has 1 saturated carbocycles. The molecule has 18 heavy (non-hydrogen) atoms. The summed E-state index contributed by atoms with van der Waals surface area (Å²) in [7, 11) is 2.30. The first kappa shape index (κ1) is 16.0. The minimum Gasteiger partial charge on any atom is -0.329 e. The van der Waals surface area contributed by atoms with Crippen LogP contribution in [0.3, 0.4) is 0 Å². The molecule has 0 amide bonds. The molecule has 2 heteroatoms. The molecule has 0 aromatic carbocycles. The molecule has 0 heterocycles. The van der Waals surface area contributed by atoms with Crippen LogP contribution >= 0.6 is 0 Å². The van der Waals surface area contributed by atoms with E-state index < -0.39 is 0 Å². The maximum Gasteiger partial charge on any atom is 0.0328 e. The fourth-order valence-corrected chi connectivity index (χ4v) is 3.45. The Kier molecular flexibility index (Phi) is 7.25. The quantitative estimate of drug-likeness (QED) is 0.553. The highest BCUT2D eigenvalue weighted by molar-refractivity contribution is 4.92. The fraction of sp³-hybridized carbons (Fsp3) is 1.00. The van der Waals surface area contributed by atoms with Gasteiger partial charge in [0.15, 0.2) is 0 Å². The van der Waals surface area contributed by atoms with Crippen molar-refractivity contribution in [2.75, 3.05) is 20.1 Å². The third kappa shape index (κ3) is 4.24. The van der Waals surface area contributed by atoms with Crippen molar-refractivity contribution >= 4 is 0 Å². The summed E-state index contributed by atoms with van der Waals surface area (Å²) in [5.74, 6) is 0.947. The van der Waals surface area contributed by atoms with E-state index in [1.165, 1.54) is 64.3 Å². The molecular weight excluding hydrogens is 220 g/mol. The Labute approximate surface area is 114 Å². The van der Waals surface area contributed by atoms with Crippen molar-refractivity contribution in [2.24, 2.45) is 11.7 Å². The molecule has 0 spiro atoms. The lowest BCUT2D eigenvalue weighted by Crippen LogP contribution is -2.52. The van der Waals surface area contributed by atoms with E-state index in [0.29, 0.717) is 5.54 Å². The number of rotatable bonds is 7. The van der Waals surface area contributed by atoms with Crippen LogP contribution in [0.15, 0.2) is 0 Å². The predicted octanol–water partition coefficient (Wildman–Crippen LogP) is 3.80. The van der Waals surface area contributed by atoms with E-state index in [1.807, 2.05) is 0 Å². The van der Waals surface area contributed by atoms with Gasteiger partial charge in [0.1, 0.15) is 0 Å². The molecule has 1 rings (SSSR count). The first-order chi connectivity index (χ1) is 8.68. The largest absolute Gasteiger partial charge is 0.329 e. The van der Waals surface area contributed by atoms with Gasteiger partial charge in [-0.3, -0.25) is 4.90 Å². The summed E-state index contributed by atoms with van der Waals surface area (Å²) in [6.45, 7) is 6.68. The van der Waals surface area contributed by atoms with E-state index in [1.54, 1.807) is 0 Å². The number of unbranched alkanes of at least 4 members (excludes halogenated alkanes) is 2. The van der Waals surface area contributed by atoms with Crippen molar-refractivity contribution in [3.05, 3.63) is 0 Å². The first-order valence-corrected chi connectivity index (χ1v) is 8.09. The summed E-state index contributed by atoms with van der Waals surface area (Å²) in [5, 5.41) is 0.